The summed E-state index contributed by atoms with van der Waals surface area (Å²) in [4.78, 5) is 10.6. The van der Waals surface area contributed by atoms with Crippen molar-refractivity contribution in [1.29, 1.82) is 0 Å². The average Bonchev–Trinajstić information content (AvgIpc) is 2.35. The Bertz CT molecular complexity index is 208. The van der Waals surface area contributed by atoms with Crippen molar-refractivity contribution in [2.24, 2.45) is 17.3 Å². The second kappa shape index (κ2) is 2.52. The Hall–Kier alpha value is -0.500. The van der Waals surface area contributed by atoms with Crippen molar-refractivity contribution < 1.29 is 9.90 Å². The van der Waals surface area contributed by atoms with Crippen LogP contribution >= 0.6 is 11.6 Å². The minimum absolute atomic E-state index is 0.109. The van der Waals surface area contributed by atoms with E-state index in [1.807, 2.05) is 13.8 Å². The van der Waals surface area contributed by atoms with E-state index in [-0.39, 0.29) is 17.3 Å². The maximum absolute atomic E-state index is 10.6. The van der Waals surface area contributed by atoms with Crippen LogP contribution in [0.2, 0.25) is 0 Å². The molecule has 0 bridgehead atoms. The summed E-state index contributed by atoms with van der Waals surface area (Å²) in [5.74, 6) is -0.871. The number of hydrogen-bond acceptors (Lipinski definition) is 1. The number of carbonyl (C=O) groups is 1. The van der Waals surface area contributed by atoms with Gasteiger partial charge in [-0.2, -0.15) is 0 Å². The van der Waals surface area contributed by atoms with E-state index >= 15 is 0 Å². The molecule has 62 valence electrons. The molecule has 0 unspecified atom stereocenters. The van der Waals surface area contributed by atoms with Crippen LogP contribution < -0.4 is 0 Å². The zero-order valence-corrected chi connectivity index (χ0v) is 7.30. The predicted molar refractivity (Wildman–Crippen MR) is 43.4 cm³/mol. The molecule has 0 aromatic heterocycles. The van der Waals surface area contributed by atoms with Crippen LogP contribution in [-0.2, 0) is 4.79 Å². The summed E-state index contributed by atoms with van der Waals surface area (Å²) in [7, 11) is 0. The molecule has 0 aromatic rings. The molecule has 1 aliphatic carbocycles. The number of carboxylic acid groups (broad SMARTS) is 1. The van der Waals surface area contributed by atoms with Crippen molar-refractivity contribution in [3.63, 3.8) is 0 Å². The quantitative estimate of drug-likeness (QED) is 0.696. The fourth-order valence-corrected chi connectivity index (χ4v) is 1.74. The summed E-state index contributed by atoms with van der Waals surface area (Å²) in [5.41, 5.74) is 1.28. The lowest BCUT2D eigenvalue weighted by atomic mass is 10.1. The first-order chi connectivity index (χ1) is 5.01. The van der Waals surface area contributed by atoms with Crippen molar-refractivity contribution in [2.75, 3.05) is 0 Å². The van der Waals surface area contributed by atoms with Gasteiger partial charge in [0.2, 0.25) is 0 Å². The SMILES string of the molecule is CC1(C)[C@H](C=CCl)[C@H]1C(=O)O. The highest BCUT2D eigenvalue weighted by atomic mass is 35.5. The van der Waals surface area contributed by atoms with E-state index in [9.17, 15) is 4.79 Å². The van der Waals surface area contributed by atoms with Crippen molar-refractivity contribution in [1.82, 2.24) is 0 Å². The third-order valence-corrected chi connectivity index (χ3v) is 2.60. The highest BCUT2D eigenvalue weighted by molar-refractivity contribution is 6.25. The highest BCUT2D eigenvalue weighted by Gasteiger charge is 2.60. The number of halogens is 1. The van der Waals surface area contributed by atoms with Crippen LogP contribution in [0.15, 0.2) is 11.6 Å². The van der Waals surface area contributed by atoms with Crippen LogP contribution in [0.1, 0.15) is 13.8 Å². The molecule has 1 fully saturated rings. The van der Waals surface area contributed by atoms with Gasteiger partial charge in [-0.05, 0) is 11.3 Å². The standard InChI is InChI=1S/C8H11ClO2/c1-8(2)5(3-4-9)6(8)7(10)11/h3-6H,1-2H3,(H,10,11)/t5-,6+/m1/s1. The minimum Gasteiger partial charge on any atom is -0.481 e. The molecule has 1 N–H and O–H groups in total. The van der Waals surface area contributed by atoms with Crippen molar-refractivity contribution in [3.05, 3.63) is 11.6 Å². The van der Waals surface area contributed by atoms with Gasteiger partial charge in [-0.25, -0.2) is 0 Å². The summed E-state index contributed by atoms with van der Waals surface area (Å²) in [5, 5.41) is 8.71. The molecular formula is C8H11ClO2. The summed E-state index contributed by atoms with van der Waals surface area (Å²) in [6, 6.07) is 0. The molecule has 1 aliphatic rings. The van der Waals surface area contributed by atoms with E-state index in [0.29, 0.717) is 0 Å². The normalized spacial score (nSPS) is 34.1. The molecule has 1 rings (SSSR count). The predicted octanol–water partition coefficient (Wildman–Crippen LogP) is 2.10. The highest BCUT2D eigenvalue weighted by Crippen LogP contribution is 2.59. The van der Waals surface area contributed by atoms with E-state index in [1.165, 1.54) is 5.54 Å². The van der Waals surface area contributed by atoms with Crippen LogP contribution in [0.25, 0.3) is 0 Å². The monoisotopic (exact) mass is 174 g/mol. The Kier molecular flexibility index (Phi) is 1.97. The van der Waals surface area contributed by atoms with E-state index in [1.54, 1.807) is 6.08 Å². The molecule has 0 radical (unpaired) electrons. The van der Waals surface area contributed by atoms with E-state index < -0.39 is 5.97 Å². The second-order valence-corrected chi connectivity index (χ2v) is 3.73. The molecule has 0 aliphatic heterocycles. The molecule has 0 aromatic carbocycles. The zero-order valence-electron chi connectivity index (χ0n) is 6.54. The third-order valence-electron chi connectivity index (χ3n) is 2.46. The van der Waals surface area contributed by atoms with Gasteiger partial charge in [-0.1, -0.05) is 31.5 Å². The fourth-order valence-electron chi connectivity index (χ4n) is 1.59. The maximum Gasteiger partial charge on any atom is 0.307 e. The second-order valence-electron chi connectivity index (χ2n) is 3.48. The topological polar surface area (TPSA) is 37.3 Å². The van der Waals surface area contributed by atoms with Crippen LogP contribution in [0, 0.1) is 17.3 Å². The van der Waals surface area contributed by atoms with Gasteiger partial charge in [0, 0.05) is 5.54 Å². The van der Waals surface area contributed by atoms with Crippen LogP contribution in [0.3, 0.4) is 0 Å². The van der Waals surface area contributed by atoms with Gasteiger partial charge in [-0.15, -0.1) is 0 Å². The molecular weight excluding hydrogens is 164 g/mol. The van der Waals surface area contributed by atoms with E-state index in [4.69, 9.17) is 16.7 Å². The molecule has 11 heavy (non-hydrogen) atoms. The maximum atomic E-state index is 10.6. The largest absolute Gasteiger partial charge is 0.481 e. The molecule has 0 saturated heterocycles. The zero-order chi connectivity index (χ0) is 8.65. The lowest BCUT2D eigenvalue weighted by Crippen LogP contribution is -2.02. The first-order valence-corrected chi connectivity index (χ1v) is 3.95. The Morgan fingerprint density at radius 1 is 1.64 bits per heavy atom. The van der Waals surface area contributed by atoms with E-state index in [2.05, 4.69) is 0 Å². The fraction of sp³-hybridized carbons (Fsp3) is 0.625. The summed E-state index contributed by atoms with van der Waals surface area (Å²) in [6.07, 6.45) is 1.75. The molecule has 0 amide bonds. The van der Waals surface area contributed by atoms with E-state index in [0.717, 1.165) is 0 Å². The van der Waals surface area contributed by atoms with Crippen LogP contribution in [-0.4, -0.2) is 11.1 Å². The Morgan fingerprint density at radius 2 is 2.18 bits per heavy atom. The van der Waals surface area contributed by atoms with Crippen molar-refractivity contribution in [3.8, 4) is 0 Å². The Labute approximate surface area is 70.9 Å². The number of rotatable bonds is 2. The van der Waals surface area contributed by atoms with Gasteiger partial charge in [0.1, 0.15) is 0 Å². The van der Waals surface area contributed by atoms with Crippen molar-refractivity contribution >= 4 is 17.6 Å². The number of carboxylic acids is 1. The summed E-state index contributed by atoms with van der Waals surface area (Å²) < 4.78 is 0. The Balaban J connectivity index is 2.68. The van der Waals surface area contributed by atoms with Gasteiger partial charge in [0.25, 0.3) is 0 Å². The number of aliphatic carboxylic acids is 1. The van der Waals surface area contributed by atoms with Gasteiger partial charge in [0.15, 0.2) is 0 Å². The summed E-state index contributed by atoms with van der Waals surface area (Å²) in [6.45, 7) is 3.88. The number of hydrogen-bond donors (Lipinski definition) is 1. The summed E-state index contributed by atoms with van der Waals surface area (Å²) >= 11 is 5.36. The molecule has 2 atom stereocenters. The molecule has 0 heterocycles. The van der Waals surface area contributed by atoms with Crippen LogP contribution in [0.4, 0.5) is 0 Å². The smallest absolute Gasteiger partial charge is 0.307 e. The van der Waals surface area contributed by atoms with Crippen molar-refractivity contribution in [2.45, 2.75) is 13.8 Å². The molecule has 3 heteroatoms. The van der Waals surface area contributed by atoms with Gasteiger partial charge >= 0.3 is 5.97 Å². The van der Waals surface area contributed by atoms with Crippen LogP contribution in [0.5, 0.6) is 0 Å². The lowest BCUT2D eigenvalue weighted by molar-refractivity contribution is -0.139. The minimum atomic E-state index is -0.727. The van der Waals surface area contributed by atoms with Gasteiger partial charge in [-0.3, -0.25) is 4.79 Å². The molecule has 2 nitrogen and oxygen atoms in total. The third kappa shape index (κ3) is 1.27. The lowest BCUT2D eigenvalue weighted by Gasteiger charge is -1.95. The van der Waals surface area contributed by atoms with Gasteiger partial charge in [0.05, 0.1) is 5.92 Å². The van der Waals surface area contributed by atoms with Gasteiger partial charge < -0.3 is 5.11 Å². The first kappa shape index (κ1) is 8.60. The number of allylic oxidation sites excluding steroid dienone is 1. The molecule has 1 saturated carbocycles. The molecule has 0 spiro atoms. The average molecular weight is 175 g/mol. The Morgan fingerprint density at radius 3 is 2.45 bits per heavy atom. The first-order valence-electron chi connectivity index (χ1n) is 3.51.